The van der Waals surface area contributed by atoms with E-state index < -0.39 is 0 Å². The van der Waals surface area contributed by atoms with Crippen LogP contribution in [0.25, 0.3) is 0 Å². The molecule has 0 heterocycles. The Balaban J connectivity index is 1.75. The molecule has 1 N–H and O–H groups in total. The van der Waals surface area contributed by atoms with Crippen LogP contribution in [0.2, 0.25) is 0 Å². The Bertz CT molecular complexity index is 901. The van der Waals surface area contributed by atoms with Gasteiger partial charge in [-0.15, -0.1) is 0 Å². The van der Waals surface area contributed by atoms with Gasteiger partial charge in [-0.1, -0.05) is 85.3 Å². The molecule has 1 aromatic carbocycles. The summed E-state index contributed by atoms with van der Waals surface area (Å²) in [6.45, 7) is 15.2. The van der Waals surface area contributed by atoms with Crippen molar-refractivity contribution in [3.8, 4) is 11.5 Å². The van der Waals surface area contributed by atoms with Crippen LogP contribution in [0.15, 0.2) is 23.8 Å². The molecule has 0 aromatic heterocycles. The number of benzene rings is 1. The summed E-state index contributed by atoms with van der Waals surface area (Å²) >= 11 is 0. The minimum absolute atomic E-state index is 0.100. The third-order valence-electron chi connectivity index (χ3n) is 10.3. The molecule has 2 fully saturated rings. The van der Waals surface area contributed by atoms with Crippen molar-refractivity contribution in [2.75, 3.05) is 20.8 Å². The normalized spacial score (nSPS) is 28.2. The third kappa shape index (κ3) is 4.98. The van der Waals surface area contributed by atoms with Gasteiger partial charge in [0.05, 0.1) is 14.2 Å². The van der Waals surface area contributed by atoms with Crippen molar-refractivity contribution in [3.05, 3.63) is 34.9 Å². The summed E-state index contributed by atoms with van der Waals surface area (Å²) in [4.78, 5) is 0. The van der Waals surface area contributed by atoms with Gasteiger partial charge in [0.1, 0.15) is 11.5 Å². The fraction of sp³-hybridized carbons (Fsp3) is 0.758. The monoisotopic (exact) mass is 495 g/mol. The van der Waals surface area contributed by atoms with E-state index in [1.165, 1.54) is 68.9 Å². The Morgan fingerprint density at radius 3 is 2.25 bits per heavy atom. The van der Waals surface area contributed by atoms with E-state index in [0.717, 1.165) is 29.9 Å². The number of fused-ring (bicyclic) bond motifs is 1. The average molecular weight is 496 g/mol. The summed E-state index contributed by atoms with van der Waals surface area (Å²) < 4.78 is 12.3. The topological polar surface area (TPSA) is 30.5 Å². The second kappa shape index (κ2) is 11.1. The minimum atomic E-state index is 0.100. The third-order valence-corrected chi connectivity index (χ3v) is 10.3. The van der Waals surface area contributed by atoms with Crippen LogP contribution in [0.1, 0.15) is 116 Å². The standard InChI is InChI=1S/C33H53NO2/c1-9-10-13-16-32(4,5)25-18-29(35-7)31(30(19-25)36-8)26-17-23(21-34-22(2)3)27-20-28(26)33(27,6)24-14-11-12-15-24/h17-19,22,24,26-28,34H,9-16,20-21H2,1-8H3/t26-,27?,28-,33?/m0/s1. The highest BCUT2D eigenvalue weighted by molar-refractivity contribution is 5.55. The number of hydrogen-bond acceptors (Lipinski definition) is 3. The molecule has 36 heavy (non-hydrogen) atoms. The number of allylic oxidation sites excluding steroid dienone is 1. The predicted molar refractivity (Wildman–Crippen MR) is 152 cm³/mol. The maximum atomic E-state index is 6.17. The Kier molecular flexibility index (Phi) is 8.49. The van der Waals surface area contributed by atoms with Crippen LogP contribution in [0, 0.1) is 23.2 Å². The van der Waals surface area contributed by atoms with Gasteiger partial charge >= 0.3 is 0 Å². The van der Waals surface area contributed by atoms with Crippen LogP contribution in [-0.4, -0.2) is 26.8 Å². The van der Waals surface area contributed by atoms with Crippen molar-refractivity contribution in [3.63, 3.8) is 0 Å². The summed E-state index contributed by atoms with van der Waals surface area (Å²) in [7, 11) is 3.69. The number of rotatable bonds is 12. The van der Waals surface area contributed by atoms with Crippen LogP contribution in [0.4, 0.5) is 0 Å². The lowest BCUT2D eigenvalue weighted by atomic mass is 9.40. The highest BCUT2D eigenvalue weighted by atomic mass is 16.5. The number of ether oxygens (including phenoxy) is 2. The average Bonchev–Trinajstić information content (AvgIpc) is 3.41. The molecule has 5 rings (SSSR count). The maximum Gasteiger partial charge on any atom is 0.126 e. The van der Waals surface area contributed by atoms with Crippen molar-refractivity contribution in [2.24, 2.45) is 23.2 Å². The van der Waals surface area contributed by atoms with Crippen LogP contribution < -0.4 is 14.8 Å². The Hall–Kier alpha value is -1.48. The molecule has 2 saturated carbocycles. The van der Waals surface area contributed by atoms with Crippen LogP contribution >= 0.6 is 0 Å². The lowest BCUT2D eigenvalue weighted by Gasteiger charge is -2.64. The van der Waals surface area contributed by atoms with Crippen molar-refractivity contribution < 1.29 is 9.47 Å². The van der Waals surface area contributed by atoms with E-state index in [0.29, 0.717) is 23.3 Å². The minimum Gasteiger partial charge on any atom is -0.496 e. The fourth-order valence-electron chi connectivity index (χ4n) is 7.95. The van der Waals surface area contributed by atoms with E-state index in [-0.39, 0.29) is 5.41 Å². The van der Waals surface area contributed by atoms with Gasteiger partial charge in [-0.25, -0.2) is 0 Å². The predicted octanol–water partition coefficient (Wildman–Crippen LogP) is 8.42. The zero-order valence-electron chi connectivity index (χ0n) is 24.5. The quantitative estimate of drug-likeness (QED) is 0.233. The maximum absolute atomic E-state index is 6.17. The molecule has 0 amide bonds. The number of unbranched alkanes of at least 4 members (excludes halogenated alkanes) is 2. The fourth-order valence-corrected chi connectivity index (χ4v) is 7.95. The summed E-state index contributed by atoms with van der Waals surface area (Å²) in [5.74, 6) is 4.63. The molecule has 202 valence electrons. The summed E-state index contributed by atoms with van der Waals surface area (Å²) in [5, 5.41) is 3.75. The van der Waals surface area contributed by atoms with Crippen LogP contribution in [0.3, 0.4) is 0 Å². The Labute approximate surface area is 221 Å². The zero-order valence-corrected chi connectivity index (χ0v) is 24.5. The van der Waals surface area contributed by atoms with Crippen molar-refractivity contribution in [2.45, 2.75) is 117 Å². The smallest absolute Gasteiger partial charge is 0.126 e. The van der Waals surface area contributed by atoms with Gasteiger partial charge in [0.2, 0.25) is 0 Å². The first kappa shape index (κ1) is 27.6. The van der Waals surface area contributed by atoms with Crippen LogP contribution in [-0.2, 0) is 5.41 Å². The summed E-state index contributed by atoms with van der Waals surface area (Å²) in [5.41, 5.74) is 4.73. The van der Waals surface area contributed by atoms with E-state index in [1.807, 2.05) is 14.2 Å². The number of nitrogens with one attached hydrogen (secondary N) is 1. The highest BCUT2D eigenvalue weighted by Gasteiger charge is 2.61. The van der Waals surface area contributed by atoms with E-state index in [1.54, 1.807) is 5.57 Å². The highest BCUT2D eigenvalue weighted by Crippen LogP contribution is 2.69. The van der Waals surface area contributed by atoms with Gasteiger partial charge in [0.25, 0.3) is 0 Å². The van der Waals surface area contributed by atoms with Gasteiger partial charge in [-0.05, 0) is 72.0 Å². The lowest BCUT2D eigenvalue weighted by Crippen LogP contribution is -2.57. The molecule has 4 aliphatic rings. The molecule has 0 aliphatic heterocycles. The van der Waals surface area contributed by atoms with Crippen molar-refractivity contribution >= 4 is 0 Å². The molecular weight excluding hydrogens is 442 g/mol. The molecule has 0 spiro atoms. The van der Waals surface area contributed by atoms with Gasteiger partial charge in [-0.2, -0.15) is 0 Å². The molecule has 0 radical (unpaired) electrons. The van der Waals surface area contributed by atoms with E-state index in [9.17, 15) is 0 Å². The molecule has 3 heteroatoms. The summed E-state index contributed by atoms with van der Waals surface area (Å²) in [6.07, 6.45) is 14.5. The first-order chi connectivity index (χ1) is 17.2. The molecule has 4 atom stereocenters. The number of hydrogen-bond donors (Lipinski definition) is 1. The molecule has 2 unspecified atom stereocenters. The first-order valence-corrected chi connectivity index (χ1v) is 14.9. The summed E-state index contributed by atoms with van der Waals surface area (Å²) in [6, 6.07) is 5.17. The second-order valence-electron chi connectivity index (χ2n) is 13.2. The molecule has 1 aromatic rings. The SMILES string of the molecule is CCCCCC(C)(C)c1cc(OC)c([C@H]2C=C(CNC(C)C)C3C[C@@H]2C3(C)C2CCCC2)c(OC)c1. The zero-order chi connectivity index (χ0) is 26.1. The van der Waals surface area contributed by atoms with E-state index in [4.69, 9.17) is 9.47 Å². The molecule has 2 bridgehead atoms. The van der Waals surface area contributed by atoms with E-state index >= 15 is 0 Å². The van der Waals surface area contributed by atoms with Gasteiger partial charge in [0.15, 0.2) is 0 Å². The van der Waals surface area contributed by atoms with E-state index in [2.05, 4.69) is 65.1 Å². The van der Waals surface area contributed by atoms with Gasteiger partial charge in [-0.3, -0.25) is 0 Å². The van der Waals surface area contributed by atoms with Gasteiger partial charge < -0.3 is 14.8 Å². The Morgan fingerprint density at radius 1 is 1.06 bits per heavy atom. The molecule has 3 nitrogen and oxygen atoms in total. The van der Waals surface area contributed by atoms with Crippen molar-refractivity contribution in [1.29, 1.82) is 0 Å². The van der Waals surface area contributed by atoms with Crippen LogP contribution in [0.5, 0.6) is 11.5 Å². The molecule has 4 aliphatic carbocycles. The first-order valence-electron chi connectivity index (χ1n) is 14.9. The number of methoxy groups -OCH3 is 2. The molecular formula is C33H53NO2. The van der Waals surface area contributed by atoms with Crippen molar-refractivity contribution in [1.82, 2.24) is 5.32 Å². The van der Waals surface area contributed by atoms with Gasteiger partial charge in [0, 0.05) is 24.1 Å². The second-order valence-corrected chi connectivity index (χ2v) is 13.2. The largest absolute Gasteiger partial charge is 0.496 e. The Morgan fingerprint density at radius 2 is 1.69 bits per heavy atom. The molecule has 0 saturated heterocycles. The lowest BCUT2D eigenvalue weighted by molar-refractivity contribution is -0.0867.